The summed E-state index contributed by atoms with van der Waals surface area (Å²) < 4.78 is 5.79. The van der Waals surface area contributed by atoms with E-state index in [9.17, 15) is 0 Å². The van der Waals surface area contributed by atoms with E-state index in [1.54, 1.807) is 0 Å². The molecule has 0 saturated heterocycles. The van der Waals surface area contributed by atoms with Crippen LogP contribution in [-0.4, -0.2) is 16.8 Å². The Balaban J connectivity index is 3.87. The second kappa shape index (κ2) is 5.87. The Kier molecular flexibility index (Phi) is 6.02. The summed E-state index contributed by atoms with van der Waals surface area (Å²) in [7, 11) is 0. The van der Waals surface area contributed by atoms with Crippen molar-refractivity contribution in [2.45, 2.75) is 58.3 Å². The van der Waals surface area contributed by atoms with E-state index < -0.39 is 0 Å². The lowest BCUT2D eigenvalue weighted by Gasteiger charge is -2.24. The number of rotatable bonds is 5. The van der Waals surface area contributed by atoms with Crippen molar-refractivity contribution in [3.05, 3.63) is 0 Å². The van der Waals surface area contributed by atoms with E-state index in [-0.39, 0.29) is 0 Å². The van der Waals surface area contributed by atoms with Crippen molar-refractivity contribution in [3.8, 4) is 0 Å². The molecule has 0 heterocycles. The first-order valence-corrected chi connectivity index (χ1v) is 5.68. The molecule has 0 radical (unpaired) electrons. The molecule has 0 aromatic carbocycles. The Bertz CT molecular complexity index is 100. The fourth-order valence-corrected chi connectivity index (χ4v) is 2.02. The molecule has 0 fully saturated rings. The predicted octanol–water partition coefficient (Wildman–Crippen LogP) is 3.54. The molecule has 74 valence electrons. The fourth-order valence-electron chi connectivity index (χ4n) is 0.883. The molecule has 0 aromatic rings. The maximum Gasteiger partial charge on any atom is 0.106 e. The highest BCUT2D eigenvalue weighted by atomic mass is 32.2. The number of hydrogen-bond donors (Lipinski definition) is 0. The van der Waals surface area contributed by atoms with Gasteiger partial charge in [0.1, 0.15) is 5.44 Å². The monoisotopic (exact) mass is 190 g/mol. The van der Waals surface area contributed by atoms with Crippen LogP contribution in [0.2, 0.25) is 0 Å². The molecule has 0 saturated carbocycles. The lowest BCUT2D eigenvalue weighted by Crippen LogP contribution is -2.21. The van der Waals surface area contributed by atoms with E-state index >= 15 is 0 Å². The Hall–Kier alpha value is 0.310. The first-order chi connectivity index (χ1) is 5.43. The van der Waals surface area contributed by atoms with Crippen molar-refractivity contribution in [1.29, 1.82) is 0 Å². The molecule has 0 aliphatic carbocycles. The van der Waals surface area contributed by atoms with Crippen molar-refractivity contribution in [3.63, 3.8) is 0 Å². The minimum atomic E-state index is 0.337. The summed E-state index contributed by atoms with van der Waals surface area (Å²) in [6.45, 7) is 13.0. The van der Waals surface area contributed by atoms with Crippen LogP contribution in [0, 0.1) is 5.92 Å². The molecule has 1 unspecified atom stereocenters. The highest BCUT2D eigenvalue weighted by Gasteiger charge is 2.17. The van der Waals surface area contributed by atoms with Gasteiger partial charge in [0.15, 0.2) is 0 Å². The van der Waals surface area contributed by atoms with Crippen molar-refractivity contribution < 1.29 is 4.74 Å². The molecule has 0 amide bonds. The third-order valence-corrected chi connectivity index (χ3v) is 2.82. The molecular formula is C10H22OS. The first-order valence-electron chi connectivity index (χ1n) is 4.74. The van der Waals surface area contributed by atoms with Crippen LogP contribution in [0.15, 0.2) is 0 Å². The zero-order valence-electron chi connectivity index (χ0n) is 9.13. The summed E-state index contributed by atoms with van der Waals surface area (Å²) in [4.78, 5) is 0. The lowest BCUT2D eigenvalue weighted by molar-refractivity contribution is 0.0358. The zero-order valence-corrected chi connectivity index (χ0v) is 9.94. The van der Waals surface area contributed by atoms with Gasteiger partial charge in [-0.15, -0.1) is 11.8 Å². The van der Waals surface area contributed by atoms with Crippen LogP contribution >= 0.6 is 11.8 Å². The molecule has 0 rings (SSSR count). The summed E-state index contributed by atoms with van der Waals surface area (Å²) in [6, 6.07) is 0. The molecule has 0 bridgehead atoms. The van der Waals surface area contributed by atoms with Crippen molar-refractivity contribution in [2.24, 2.45) is 5.92 Å². The van der Waals surface area contributed by atoms with E-state index in [0.717, 1.165) is 0 Å². The van der Waals surface area contributed by atoms with Crippen LogP contribution in [-0.2, 0) is 4.74 Å². The van der Waals surface area contributed by atoms with Gasteiger partial charge in [0.2, 0.25) is 0 Å². The zero-order chi connectivity index (χ0) is 9.72. The minimum absolute atomic E-state index is 0.337. The van der Waals surface area contributed by atoms with Gasteiger partial charge in [-0.1, -0.05) is 27.7 Å². The highest BCUT2D eigenvalue weighted by molar-refractivity contribution is 8.00. The average Bonchev–Trinajstić information content (AvgIpc) is 1.83. The van der Waals surface area contributed by atoms with Gasteiger partial charge >= 0.3 is 0 Å². The summed E-state index contributed by atoms with van der Waals surface area (Å²) >= 11 is 1.91. The third-order valence-electron chi connectivity index (χ3n) is 1.36. The molecule has 12 heavy (non-hydrogen) atoms. The molecule has 1 nitrogen and oxygen atoms in total. The fraction of sp³-hybridized carbons (Fsp3) is 1.00. The summed E-state index contributed by atoms with van der Waals surface area (Å²) in [5.74, 6) is 0.597. The number of ether oxygens (including phenoxy) is 1. The predicted molar refractivity (Wildman–Crippen MR) is 57.6 cm³/mol. The van der Waals surface area contributed by atoms with E-state index in [0.29, 0.717) is 22.7 Å². The van der Waals surface area contributed by atoms with Gasteiger partial charge in [0.25, 0.3) is 0 Å². The molecule has 0 spiro atoms. The highest BCUT2D eigenvalue weighted by Crippen LogP contribution is 2.25. The smallest absolute Gasteiger partial charge is 0.106 e. The first kappa shape index (κ1) is 12.3. The topological polar surface area (TPSA) is 9.23 Å². The Morgan fingerprint density at radius 2 is 1.42 bits per heavy atom. The Labute approximate surface area is 81.3 Å². The average molecular weight is 190 g/mol. The molecule has 0 N–H and O–H groups in total. The van der Waals surface area contributed by atoms with Crippen molar-refractivity contribution in [2.75, 3.05) is 0 Å². The largest absolute Gasteiger partial charge is 0.365 e. The standard InChI is InChI=1S/C10H22OS/c1-7(2)10(11-8(3)4)12-9(5)6/h7-10H,1-6H3. The lowest BCUT2D eigenvalue weighted by atomic mass is 10.2. The van der Waals surface area contributed by atoms with E-state index in [1.165, 1.54) is 0 Å². The van der Waals surface area contributed by atoms with Crippen LogP contribution in [0.1, 0.15) is 41.5 Å². The summed E-state index contributed by atoms with van der Waals surface area (Å²) in [5, 5.41) is 0.649. The normalized spacial score (nSPS) is 14.8. The van der Waals surface area contributed by atoms with Crippen molar-refractivity contribution in [1.82, 2.24) is 0 Å². The van der Waals surface area contributed by atoms with Gasteiger partial charge in [-0.3, -0.25) is 0 Å². The SMILES string of the molecule is CC(C)OC(SC(C)C)C(C)C. The molecule has 0 aliphatic heterocycles. The number of thioether (sulfide) groups is 1. The van der Waals surface area contributed by atoms with Crippen LogP contribution in [0.3, 0.4) is 0 Å². The maximum absolute atomic E-state index is 5.79. The van der Waals surface area contributed by atoms with E-state index in [2.05, 4.69) is 41.5 Å². The second-order valence-corrected chi connectivity index (χ2v) is 5.66. The van der Waals surface area contributed by atoms with Gasteiger partial charge in [0.05, 0.1) is 6.10 Å². The summed E-state index contributed by atoms with van der Waals surface area (Å²) in [6.07, 6.45) is 0.337. The van der Waals surface area contributed by atoms with E-state index in [1.807, 2.05) is 11.8 Å². The van der Waals surface area contributed by atoms with Gasteiger partial charge < -0.3 is 4.74 Å². The van der Waals surface area contributed by atoms with Crippen LogP contribution < -0.4 is 0 Å². The third kappa shape index (κ3) is 5.90. The molecule has 0 aliphatic rings. The van der Waals surface area contributed by atoms with Gasteiger partial charge in [-0.05, 0) is 19.8 Å². The number of hydrogen-bond acceptors (Lipinski definition) is 2. The van der Waals surface area contributed by atoms with Crippen molar-refractivity contribution >= 4 is 11.8 Å². The minimum Gasteiger partial charge on any atom is -0.365 e. The van der Waals surface area contributed by atoms with Gasteiger partial charge in [-0.2, -0.15) is 0 Å². The Morgan fingerprint density at radius 3 is 1.67 bits per heavy atom. The van der Waals surface area contributed by atoms with Crippen LogP contribution in [0.25, 0.3) is 0 Å². The molecule has 1 atom stereocenters. The molecular weight excluding hydrogens is 168 g/mol. The molecule has 0 aromatic heterocycles. The summed E-state index contributed by atoms with van der Waals surface area (Å²) in [5.41, 5.74) is 0.352. The van der Waals surface area contributed by atoms with Gasteiger partial charge in [-0.25, -0.2) is 0 Å². The Morgan fingerprint density at radius 1 is 0.917 bits per heavy atom. The van der Waals surface area contributed by atoms with Gasteiger partial charge in [0, 0.05) is 5.25 Å². The quantitative estimate of drug-likeness (QED) is 0.613. The van der Waals surface area contributed by atoms with Crippen LogP contribution in [0.4, 0.5) is 0 Å². The van der Waals surface area contributed by atoms with Crippen LogP contribution in [0.5, 0.6) is 0 Å². The second-order valence-electron chi connectivity index (χ2n) is 3.98. The maximum atomic E-state index is 5.79. The van der Waals surface area contributed by atoms with E-state index in [4.69, 9.17) is 4.74 Å². The molecule has 2 heteroatoms.